The third kappa shape index (κ3) is 2.40. The van der Waals surface area contributed by atoms with Gasteiger partial charge in [0.15, 0.2) is 5.76 Å². The molecule has 5 heteroatoms. The number of aliphatic hydroxyl groups excluding tert-OH is 2. The lowest BCUT2D eigenvalue weighted by Crippen LogP contribution is -2.30. The summed E-state index contributed by atoms with van der Waals surface area (Å²) in [5, 5.41) is 20.5. The van der Waals surface area contributed by atoms with Crippen LogP contribution in [-0.4, -0.2) is 16.2 Å². The van der Waals surface area contributed by atoms with E-state index in [4.69, 9.17) is 4.74 Å². The number of hydrogen-bond donors (Lipinski definition) is 2. The number of aryl methyl sites for hydroxylation is 1. The third-order valence-corrected chi connectivity index (χ3v) is 5.54. The van der Waals surface area contributed by atoms with Crippen molar-refractivity contribution in [2.45, 2.75) is 12.5 Å². The van der Waals surface area contributed by atoms with E-state index in [9.17, 15) is 15.0 Å². The first-order chi connectivity index (χ1) is 12.5. The van der Waals surface area contributed by atoms with E-state index >= 15 is 0 Å². The van der Waals surface area contributed by atoms with Crippen LogP contribution in [0.1, 0.15) is 16.0 Å². The fourth-order valence-electron chi connectivity index (χ4n) is 3.19. The van der Waals surface area contributed by atoms with Crippen LogP contribution in [0, 0.1) is 6.92 Å². The van der Waals surface area contributed by atoms with Gasteiger partial charge in [-0.05, 0) is 24.6 Å². The van der Waals surface area contributed by atoms with E-state index in [2.05, 4.69) is 19.1 Å². The van der Waals surface area contributed by atoms with Crippen molar-refractivity contribution < 1.29 is 19.7 Å². The molecule has 0 radical (unpaired) electrons. The molecule has 0 bridgehead atoms. The number of cyclic esters (lactones) is 1. The van der Waals surface area contributed by atoms with E-state index in [0.717, 1.165) is 10.4 Å². The molecule has 4 nitrogen and oxygen atoms in total. The molecule has 130 valence electrons. The summed E-state index contributed by atoms with van der Waals surface area (Å²) >= 11 is 1.69. The highest BCUT2D eigenvalue weighted by molar-refractivity contribution is 7.15. The minimum atomic E-state index is -1.54. The lowest BCUT2D eigenvalue weighted by molar-refractivity contribution is -0.147. The van der Waals surface area contributed by atoms with Gasteiger partial charge in [0.25, 0.3) is 0 Å². The quantitative estimate of drug-likeness (QED) is 0.652. The van der Waals surface area contributed by atoms with E-state index in [1.54, 1.807) is 47.7 Å². The summed E-state index contributed by atoms with van der Waals surface area (Å²) in [5.74, 6) is -2.19. The number of aliphatic hydroxyl groups is 2. The van der Waals surface area contributed by atoms with Gasteiger partial charge in [0.1, 0.15) is 0 Å². The van der Waals surface area contributed by atoms with Gasteiger partial charge >= 0.3 is 5.97 Å². The van der Waals surface area contributed by atoms with Crippen molar-refractivity contribution in [2.24, 2.45) is 0 Å². The molecule has 2 N–H and O–H groups in total. The molecule has 1 unspecified atom stereocenters. The molecule has 0 fully saturated rings. The fraction of sp³-hybridized carbons (Fsp3) is 0.0952. The number of thiophene rings is 1. The van der Waals surface area contributed by atoms with Gasteiger partial charge in [0, 0.05) is 20.9 Å². The number of carbonyl (C=O) groups is 1. The lowest BCUT2D eigenvalue weighted by Gasteiger charge is -2.29. The Kier molecular flexibility index (Phi) is 3.81. The summed E-state index contributed by atoms with van der Waals surface area (Å²) in [5.41, 5.74) is 0.629. The van der Waals surface area contributed by atoms with Crippen molar-refractivity contribution >= 4 is 17.3 Å². The number of hydrogen-bond acceptors (Lipinski definition) is 5. The van der Waals surface area contributed by atoms with Crippen LogP contribution in [0.2, 0.25) is 0 Å². The largest absolute Gasteiger partial charge is 0.504 e. The number of rotatable bonds is 3. The van der Waals surface area contributed by atoms with E-state index in [-0.39, 0.29) is 0 Å². The van der Waals surface area contributed by atoms with Gasteiger partial charge in [-0.2, -0.15) is 0 Å². The minimum Gasteiger partial charge on any atom is -0.504 e. The molecule has 0 saturated carbocycles. The maximum absolute atomic E-state index is 11.9. The Morgan fingerprint density at radius 2 is 1.54 bits per heavy atom. The average molecular weight is 364 g/mol. The molecule has 1 atom stereocenters. The Hall–Kier alpha value is -3.05. The van der Waals surface area contributed by atoms with Crippen molar-refractivity contribution in [3.63, 3.8) is 0 Å². The molecule has 2 aromatic carbocycles. The molecule has 0 amide bonds. The standard InChI is InChI=1S/C21H16O4S/c1-13-7-12-17(26-13)14-8-10-16(11-9-14)21(15-5-3-2-4-6-15)19(23)18(22)20(24)25-21/h2-12,22-23H,1H3. The third-order valence-electron chi connectivity index (χ3n) is 4.49. The van der Waals surface area contributed by atoms with Crippen LogP contribution in [0.25, 0.3) is 10.4 Å². The van der Waals surface area contributed by atoms with Crippen molar-refractivity contribution in [2.75, 3.05) is 0 Å². The van der Waals surface area contributed by atoms with Gasteiger partial charge in [0.2, 0.25) is 11.4 Å². The second kappa shape index (κ2) is 6.04. The van der Waals surface area contributed by atoms with Crippen LogP contribution in [0.4, 0.5) is 0 Å². The van der Waals surface area contributed by atoms with Crippen LogP contribution in [0.15, 0.2) is 78.2 Å². The summed E-state index contributed by atoms with van der Waals surface area (Å²) in [6, 6.07) is 20.5. The first-order valence-corrected chi connectivity index (χ1v) is 8.93. The van der Waals surface area contributed by atoms with Crippen LogP contribution < -0.4 is 0 Å². The van der Waals surface area contributed by atoms with Crippen LogP contribution in [-0.2, 0) is 15.1 Å². The van der Waals surface area contributed by atoms with E-state index in [1.165, 1.54) is 4.88 Å². The summed E-state index contributed by atoms with van der Waals surface area (Å²) in [7, 11) is 0. The summed E-state index contributed by atoms with van der Waals surface area (Å²) in [6.07, 6.45) is 0. The summed E-state index contributed by atoms with van der Waals surface area (Å²) in [4.78, 5) is 14.3. The lowest BCUT2D eigenvalue weighted by atomic mass is 9.84. The molecule has 1 aliphatic heterocycles. The van der Waals surface area contributed by atoms with Gasteiger partial charge in [-0.15, -0.1) is 11.3 Å². The molecular weight excluding hydrogens is 348 g/mol. The highest BCUT2D eigenvalue weighted by Gasteiger charge is 2.51. The van der Waals surface area contributed by atoms with E-state index in [0.29, 0.717) is 11.1 Å². The smallest absolute Gasteiger partial charge is 0.378 e. The number of carbonyl (C=O) groups excluding carboxylic acids is 1. The average Bonchev–Trinajstić information content (AvgIpc) is 3.20. The summed E-state index contributed by atoms with van der Waals surface area (Å²) < 4.78 is 5.48. The van der Waals surface area contributed by atoms with Gasteiger partial charge in [0.05, 0.1) is 0 Å². The zero-order valence-electron chi connectivity index (χ0n) is 14.0. The van der Waals surface area contributed by atoms with Gasteiger partial charge in [-0.1, -0.05) is 54.6 Å². The molecule has 0 spiro atoms. The fourth-order valence-corrected chi connectivity index (χ4v) is 4.06. The Balaban J connectivity index is 1.85. The normalized spacial score (nSPS) is 19.7. The SMILES string of the molecule is Cc1ccc(-c2ccc(C3(c4ccccc4)OC(=O)C(O)=C3O)cc2)s1. The Bertz CT molecular complexity index is 1000. The zero-order valence-corrected chi connectivity index (χ0v) is 14.8. The van der Waals surface area contributed by atoms with Gasteiger partial charge < -0.3 is 14.9 Å². The maximum Gasteiger partial charge on any atom is 0.378 e. The second-order valence-corrected chi connectivity index (χ2v) is 7.41. The number of benzene rings is 2. The maximum atomic E-state index is 11.9. The monoisotopic (exact) mass is 364 g/mol. The number of esters is 1. The Morgan fingerprint density at radius 1 is 0.885 bits per heavy atom. The van der Waals surface area contributed by atoms with Crippen molar-refractivity contribution in [1.29, 1.82) is 0 Å². The van der Waals surface area contributed by atoms with Gasteiger partial charge in [-0.25, -0.2) is 4.79 Å². The zero-order chi connectivity index (χ0) is 18.3. The van der Waals surface area contributed by atoms with Gasteiger partial charge in [-0.3, -0.25) is 0 Å². The highest BCUT2D eigenvalue weighted by Crippen LogP contribution is 2.45. The molecule has 26 heavy (non-hydrogen) atoms. The van der Waals surface area contributed by atoms with E-state index < -0.39 is 23.1 Å². The summed E-state index contributed by atoms with van der Waals surface area (Å²) in [6.45, 7) is 2.05. The van der Waals surface area contributed by atoms with Crippen molar-refractivity contribution in [3.8, 4) is 10.4 Å². The van der Waals surface area contributed by atoms with Crippen molar-refractivity contribution in [3.05, 3.63) is 94.3 Å². The molecule has 1 aromatic heterocycles. The van der Waals surface area contributed by atoms with Crippen molar-refractivity contribution in [1.82, 2.24) is 0 Å². The predicted octanol–water partition coefficient (Wildman–Crippen LogP) is 4.85. The topological polar surface area (TPSA) is 66.8 Å². The molecular formula is C21H16O4S. The molecule has 3 aromatic rings. The van der Waals surface area contributed by atoms with Crippen LogP contribution in [0.3, 0.4) is 0 Å². The second-order valence-electron chi connectivity index (χ2n) is 6.12. The van der Waals surface area contributed by atoms with Crippen LogP contribution >= 0.6 is 11.3 Å². The molecule has 4 rings (SSSR count). The van der Waals surface area contributed by atoms with Crippen LogP contribution in [0.5, 0.6) is 0 Å². The Morgan fingerprint density at radius 3 is 2.08 bits per heavy atom. The molecule has 2 heterocycles. The predicted molar refractivity (Wildman–Crippen MR) is 100 cm³/mol. The number of ether oxygens (including phenoxy) is 1. The highest BCUT2D eigenvalue weighted by atomic mass is 32.1. The molecule has 0 saturated heterocycles. The molecule has 0 aliphatic carbocycles. The molecule has 1 aliphatic rings. The first kappa shape index (κ1) is 16.4. The minimum absolute atomic E-state index is 0.492. The van der Waals surface area contributed by atoms with E-state index in [1.807, 2.05) is 18.2 Å². The Labute approximate surface area is 154 Å². The first-order valence-electron chi connectivity index (χ1n) is 8.11.